The van der Waals surface area contributed by atoms with E-state index in [0.29, 0.717) is 5.76 Å². The number of nitrogens with zero attached hydrogens (tertiary/aromatic N) is 3. The van der Waals surface area contributed by atoms with E-state index in [0.717, 1.165) is 46.9 Å². The fourth-order valence-electron chi connectivity index (χ4n) is 2.53. The lowest BCUT2D eigenvalue weighted by Crippen LogP contribution is -2.13. The van der Waals surface area contributed by atoms with Crippen molar-refractivity contribution in [1.82, 2.24) is 4.68 Å². The zero-order valence-electron chi connectivity index (χ0n) is 15.7. The fourth-order valence-corrected chi connectivity index (χ4v) is 3.39. The third-order valence-electron chi connectivity index (χ3n) is 3.97. The molecule has 0 aliphatic carbocycles. The molecule has 0 atom stereocenters. The van der Waals surface area contributed by atoms with Crippen molar-refractivity contribution in [2.75, 3.05) is 20.8 Å². The lowest BCUT2D eigenvalue weighted by Gasteiger charge is -2.11. The normalized spacial score (nSPS) is 12.0. The standard InChI is InChI=1S/C20H23N3O3S/c1-4-5-10-21-20-23(22-13-16-7-6-11-26-16)18(14-27-20)17-12-15(24-2)8-9-19(17)25-3/h6-9,11-14H,4-5,10H2,1-3H3/b21-20?,22-13-. The molecule has 0 saturated heterocycles. The molecule has 0 saturated carbocycles. The molecule has 2 aromatic heterocycles. The number of benzene rings is 1. The minimum atomic E-state index is 0.678. The average molecular weight is 385 g/mol. The number of hydrogen-bond donors (Lipinski definition) is 0. The monoisotopic (exact) mass is 385 g/mol. The van der Waals surface area contributed by atoms with E-state index in [1.165, 1.54) is 0 Å². The maximum absolute atomic E-state index is 5.55. The molecule has 0 bridgehead atoms. The van der Waals surface area contributed by atoms with E-state index in [-0.39, 0.29) is 0 Å². The second kappa shape index (κ2) is 9.23. The zero-order chi connectivity index (χ0) is 19.1. The zero-order valence-corrected chi connectivity index (χ0v) is 16.5. The van der Waals surface area contributed by atoms with Gasteiger partial charge in [0.1, 0.15) is 17.3 Å². The Morgan fingerprint density at radius 2 is 2.11 bits per heavy atom. The second-order valence-electron chi connectivity index (χ2n) is 5.78. The predicted molar refractivity (Wildman–Crippen MR) is 108 cm³/mol. The van der Waals surface area contributed by atoms with Gasteiger partial charge >= 0.3 is 0 Å². The summed E-state index contributed by atoms with van der Waals surface area (Å²) in [6.07, 6.45) is 5.44. The highest BCUT2D eigenvalue weighted by molar-refractivity contribution is 7.07. The second-order valence-corrected chi connectivity index (χ2v) is 6.61. The molecule has 27 heavy (non-hydrogen) atoms. The van der Waals surface area contributed by atoms with Crippen molar-refractivity contribution in [1.29, 1.82) is 0 Å². The Morgan fingerprint density at radius 1 is 1.22 bits per heavy atom. The van der Waals surface area contributed by atoms with Crippen LogP contribution in [-0.2, 0) is 0 Å². The van der Waals surface area contributed by atoms with Crippen molar-refractivity contribution < 1.29 is 13.9 Å². The molecule has 0 spiro atoms. The van der Waals surface area contributed by atoms with Gasteiger partial charge in [-0.2, -0.15) is 5.10 Å². The molecule has 3 aromatic rings. The number of unbranched alkanes of at least 4 members (excludes halogenated alkanes) is 1. The van der Waals surface area contributed by atoms with E-state index in [1.807, 2.05) is 40.4 Å². The van der Waals surface area contributed by atoms with Gasteiger partial charge in [-0.1, -0.05) is 13.3 Å². The Balaban J connectivity index is 2.11. The molecule has 0 fully saturated rings. The SMILES string of the molecule is CCCCN=c1scc(-c2cc(OC)ccc2OC)n1/N=C\c1ccco1. The van der Waals surface area contributed by atoms with Crippen molar-refractivity contribution in [3.05, 3.63) is 52.5 Å². The molecular weight excluding hydrogens is 362 g/mol. The van der Waals surface area contributed by atoms with E-state index >= 15 is 0 Å². The highest BCUT2D eigenvalue weighted by atomic mass is 32.1. The first kappa shape index (κ1) is 19.0. The van der Waals surface area contributed by atoms with Gasteiger partial charge in [0.2, 0.25) is 4.80 Å². The van der Waals surface area contributed by atoms with Crippen LogP contribution in [0.2, 0.25) is 0 Å². The average Bonchev–Trinajstić information content (AvgIpc) is 3.35. The summed E-state index contributed by atoms with van der Waals surface area (Å²) in [5, 5.41) is 6.64. The van der Waals surface area contributed by atoms with Gasteiger partial charge in [0.15, 0.2) is 0 Å². The molecule has 0 aliphatic heterocycles. The Hall–Kier alpha value is -2.80. The quantitative estimate of drug-likeness (QED) is 0.426. The third-order valence-corrected chi connectivity index (χ3v) is 4.82. The number of ether oxygens (including phenoxy) is 2. The van der Waals surface area contributed by atoms with Gasteiger partial charge in [-0.15, -0.1) is 11.3 Å². The Bertz CT molecular complexity index is 955. The van der Waals surface area contributed by atoms with Crippen LogP contribution in [0, 0.1) is 0 Å². The first-order valence-corrected chi connectivity index (χ1v) is 9.66. The van der Waals surface area contributed by atoms with E-state index in [2.05, 4.69) is 12.0 Å². The van der Waals surface area contributed by atoms with Crippen LogP contribution in [0.25, 0.3) is 11.3 Å². The maximum Gasteiger partial charge on any atom is 0.206 e. The minimum absolute atomic E-state index is 0.678. The summed E-state index contributed by atoms with van der Waals surface area (Å²) in [5.74, 6) is 2.18. The van der Waals surface area contributed by atoms with Crippen LogP contribution in [-0.4, -0.2) is 31.7 Å². The van der Waals surface area contributed by atoms with E-state index < -0.39 is 0 Å². The number of rotatable bonds is 8. The Kier molecular flexibility index (Phi) is 6.49. The number of methoxy groups -OCH3 is 2. The number of furan rings is 1. The summed E-state index contributed by atoms with van der Waals surface area (Å²) in [6, 6.07) is 9.39. The Labute approximate surface area is 162 Å². The van der Waals surface area contributed by atoms with Crippen LogP contribution >= 0.6 is 11.3 Å². The molecule has 142 valence electrons. The van der Waals surface area contributed by atoms with Gasteiger partial charge in [-0.3, -0.25) is 4.99 Å². The van der Waals surface area contributed by atoms with Gasteiger partial charge in [0.25, 0.3) is 0 Å². The van der Waals surface area contributed by atoms with Gasteiger partial charge in [-0.05, 0) is 36.8 Å². The summed E-state index contributed by atoms with van der Waals surface area (Å²) in [4.78, 5) is 5.53. The number of aromatic nitrogens is 1. The highest BCUT2D eigenvalue weighted by Gasteiger charge is 2.14. The summed E-state index contributed by atoms with van der Waals surface area (Å²) >= 11 is 1.55. The van der Waals surface area contributed by atoms with Crippen molar-refractivity contribution in [3.63, 3.8) is 0 Å². The van der Waals surface area contributed by atoms with Gasteiger partial charge < -0.3 is 13.9 Å². The first-order valence-electron chi connectivity index (χ1n) is 8.78. The van der Waals surface area contributed by atoms with E-state index in [4.69, 9.17) is 18.9 Å². The molecule has 0 amide bonds. The van der Waals surface area contributed by atoms with Gasteiger partial charge in [0, 0.05) is 17.5 Å². The topological polar surface area (TPSA) is 61.2 Å². The van der Waals surface area contributed by atoms with Crippen LogP contribution in [0.4, 0.5) is 0 Å². The maximum atomic E-state index is 5.55. The van der Waals surface area contributed by atoms with Crippen molar-refractivity contribution in [3.8, 4) is 22.8 Å². The Morgan fingerprint density at radius 3 is 2.81 bits per heavy atom. The molecule has 0 aliphatic rings. The fraction of sp³-hybridized carbons (Fsp3) is 0.300. The molecule has 2 heterocycles. The number of hydrogen-bond acceptors (Lipinski definition) is 6. The van der Waals surface area contributed by atoms with Crippen LogP contribution in [0.3, 0.4) is 0 Å². The van der Waals surface area contributed by atoms with Crippen molar-refractivity contribution >= 4 is 17.6 Å². The molecule has 0 radical (unpaired) electrons. The van der Waals surface area contributed by atoms with Crippen LogP contribution in [0.1, 0.15) is 25.5 Å². The summed E-state index contributed by atoms with van der Waals surface area (Å²) in [7, 11) is 3.30. The summed E-state index contributed by atoms with van der Waals surface area (Å²) in [6.45, 7) is 2.92. The molecule has 6 nitrogen and oxygen atoms in total. The van der Waals surface area contributed by atoms with Crippen molar-refractivity contribution in [2.45, 2.75) is 19.8 Å². The largest absolute Gasteiger partial charge is 0.497 e. The van der Waals surface area contributed by atoms with Crippen molar-refractivity contribution in [2.24, 2.45) is 10.1 Å². The lowest BCUT2D eigenvalue weighted by molar-refractivity contribution is 0.404. The van der Waals surface area contributed by atoms with E-state index in [9.17, 15) is 0 Å². The molecule has 3 rings (SSSR count). The summed E-state index contributed by atoms with van der Waals surface area (Å²) < 4.78 is 18.1. The minimum Gasteiger partial charge on any atom is -0.497 e. The van der Waals surface area contributed by atoms with Gasteiger partial charge in [0.05, 0.1) is 32.4 Å². The van der Waals surface area contributed by atoms with Gasteiger partial charge in [-0.25, -0.2) is 4.68 Å². The number of thiazole rings is 1. The molecule has 1 aromatic carbocycles. The highest BCUT2D eigenvalue weighted by Crippen LogP contribution is 2.33. The smallest absolute Gasteiger partial charge is 0.206 e. The van der Waals surface area contributed by atoms with E-state index in [1.54, 1.807) is 38.0 Å². The molecule has 7 heteroatoms. The molecule has 0 N–H and O–H groups in total. The third kappa shape index (κ3) is 4.49. The van der Waals surface area contributed by atoms with Crippen LogP contribution < -0.4 is 14.3 Å². The lowest BCUT2D eigenvalue weighted by atomic mass is 10.1. The molecule has 0 unspecified atom stereocenters. The first-order chi connectivity index (χ1) is 13.3. The van der Waals surface area contributed by atoms with Crippen LogP contribution in [0.15, 0.2) is 56.5 Å². The summed E-state index contributed by atoms with van der Waals surface area (Å²) in [5.41, 5.74) is 1.77. The van der Waals surface area contributed by atoms with Crippen LogP contribution in [0.5, 0.6) is 11.5 Å². The predicted octanol–water partition coefficient (Wildman–Crippen LogP) is 4.41. The molecular formula is C20H23N3O3S.